The van der Waals surface area contributed by atoms with E-state index in [0.29, 0.717) is 6.07 Å². The summed E-state index contributed by atoms with van der Waals surface area (Å²) in [6.07, 6.45) is -5.80. The van der Waals surface area contributed by atoms with Gasteiger partial charge in [-0.1, -0.05) is 5.10 Å². The molecule has 1 aliphatic heterocycles. The molecule has 0 spiro atoms. The normalized spacial score (nSPS) is 16.9. The van der Waals surface area contributed by atoms with Gasteiger partial charge in [0.15, 0.2) is 0 Å². The van der Waals surface area contributed by atoms with Crippen LogP contribution in [0.25, 0.3) is 0 Å². The molecule has 3 heterocycles. The molecule has 1 saturated heterocycles. The highest BCUT2D eigenvalue weighted by molar-refractivity contribution is 6.04. The molecule has 0 aliphatic carbocycles. The number of halogens is 3. The summed E-state index contributed by atoms with van der Waals surface area (Å²) in [6.45, 7) is 5.33. The van der Waals surface area contributed by atoms with E-state index >= 15 is 0 Å². The molecule has 1 N–H and O–H groups in total. The number of tetrazole rings is 1. The van der Waals surface area contributed by atoms with E-state index in [2.05, 4.69) is 25.8 Å². The highest BCUT2D eigenvalue weighted by Gasteiger charge is 2.38. The summed E-state index contributed by atoms with van der Waals surface area (Å²) in [5.41, 5.74) is -1.99. The number of anilines is 1. The zero-order chi connectivity index (χ0) is 23.7. The molecule has 0 aromatic carbocycles. The fraction of sp³-hybridized carbons (Fsp3) is 0.556. The zero-order valence-corrected chi connectivity index (χ0v) is 17.8. The van der Waals surface area contributed by atoms with Crippen LogP contribution < -0.4 is 5.32 Å². The Kier molecular flexibility index (Phi) is 6.34. The van der Waals surface area contributed by atoms with Crippen LogP contribution in [-0.4, -0.2) is 66.9 Å². The molecule has 174 valence electrons. The summed E-state index contributed by atoms with van der Waals surface area (Å²) in [5, 5.41) is 12.9. The number of carbonyl (C=O) groups excluding carboxylic acids is 2. The molecule has 0 saturated carbocycles. The Bertz CT molecular complexity index is 1000. The van der Waals surface area contributed by atoms with Crippen molar-refractivity contribution in [2.75, 3.05) is 18.5 Å². The zero-order valence-electron chi connectivity index (χ0n) is 17.8. The Balaban J connectivity index is 1.73. The number of rotatable bonds is 6. The second kappa shape index (κ2) is 8.68. The highest BCUT2D eigenvalue weighted by atomic mass is 19.4. The molecule has 1 aliphatic rings. The Morgan fingerprint density at radius 2 is 2.03 bits per heavy atom. The first-order valence-electron chi connectivity index (χ1n) is 9.53. The average Bonchev–Trinajstić information content (AvgIpc) is 3.26. The van der Waals surface area contributed by atoms with Crippen LogP contribution in [0.15, 0.2) is 12.1 Å². The number of amides is 2. The van der Waals surface area contributed by atoms with Crippen LogP contribution in [0.5, 0.6) is 0 Å². The van der Waals surface area contributed by atoms with E-state index in [1.54, 1.807) is 0 Å². The lowest BCUT2D eigenvalue weighted by Gasteiger charge is -2.29. The van der Waals surface area contributed by atoms with Crippen LogP contribution in [0.4, 0.5) is 23.9 Å². The summed E-state index contributed by atoms with van der Waals surface area (Å²) >= 11 is 0. The molecule has 14 heteroatoms. The largest absolute Gasteiger partial charge is 0.442 e. The Morgan fingerprint density at radius 1 is 1.31 bits per heavy atom. The minimum atomic E-state index is -4.70. The van der Waals surface area contributed by atoms with Gasteiger partial charge in [0, 0.05) is 12.6 Å². The van der Waals surface area contributed by atoms with E-state index in [1.807, 2.05) is 20.8 Å². The van der Waals surface area contributed by atoms with Crippen molar-refractivity contribution in [3.05, 3.63) is 29.1 Å². The van der Waals surface area contributed by atoms with Crippen LogP contribution in [0, 0.1) is 0 Å². The van der Waals surface area contributed by atoms with Crippen LogP contribution in [0.2, 0.25) is 0 Å². The molecule has 0 radical (unpaired) electrons. The van der Waals surface area contributed by atoms with Crippen LogP contribution in [-0.2, 0) is 29.3 Å². The summed E-state index contributed by atoms with van der Waals surface area (Å²) < 4.78 is 51.3. The number of aryl methyl sites for hydroxylation is 1. The van der Waals surface area contributed by atoms with Crippen LogP contribution in [0.1, 0.15) is 42.5 Å². The Morgan fingerprint density at radius 3 is 2.59 bits per heavy atom. The van der Waals surface area contributed by atoms with Gasteiger partial charge in [-0.2, -0.15) is 13.2 Å². The van der Waals surface area contributed by atoms with Gasteiger partial charge >= 0.3 is 12.3 Å². The van der Waals surface area contributed by atoms with Crippen molar-refractivity contribution in [3.8, 4) is 0 Å². The maximum atomic E-state index is 13.1. The maximum Gasteiger partial charge on any atom is 0.433 e. The summed E-state index contributed by atoms with van der Waals surface area (Å²) in [7, 11) is 1.48. The van der Waals surface area contributed by atoms with Gasteiger partial charge in [-0.3, -0.25) is 15.0 Å². The van der Waals surface area contributed by atoms with Gasteiger partial charge in [-0.15, -0.1) is 0 Å². The lowest BCUT2D eigenvalue weighted by atomic mass is 10.1. The summed E-state index contributed by atoms with van der Waals surface area (Å²) in [4.78, 5) is 29.7. The average molecular weight is 457 g/mol. The van der Waals surface area contributed by atoms with E-state index in [-0.39, 0.29) is 30.4 Å². The van der Waals surface area contributed by atoms with Gasteiger partial charge in [0.25, 0.3) is 5.91 Å². The second-order valence-corrected chi connectivity index (χ2v) is 8.07. The molecule has 1 fully saturated rings. The van der Waals surface area contributed by atoms with Gasteiger partial charge in [-0.25, -0.2) is 14.5 Å². The number of carbonyl (C=O) groups is 2. The van der Waals surface area contributed by atoms with Crippen LogP contribution >= 0.6 is 0 Å². The quantitative estimate of drug-likeness (QED) is 0.699. The molecular weight excluding hydrogens is 435 g/mol. The lowest BCUT2D eigenvalue weighted by Crippen LogP contribution is -2.42. The number of ether oxygens (including phenoxy) is 2. The first kappa shape index (κ1) is 23.4. The molecule has 2 amide bonds. The predicted octanol–water partition coefficient (Wildman–Crippen LogP) is 2.01. The third-order valence-electron chi connectivity index (χ3n) is 4.58. The van der Waals surface area contributed by atoms with Gasteiger partial charge < -0.3 is 9.47 Å². The molecule has 32 heavy (non-hydrogen) atoms. The van der Waals surface area contributed by atoms with Crippen molar-refractivity contribution in [1.29, 1.82) is 0 Å². The van der Waals surface area contributed by atoms with Crippen molar-refractivity contribution in [2.45, 2.75) is 45.2 Å². The fourth-order valence-electron chi connectivity index (χ4n) is 2.92. The Labute approximate surface area is 180 Å². The highest BCUT2D eigenvalue weighted by Crippen LogP contribution is 2.29. The maximum absolute atomic E-state index is 13.1. The second-order valence-electron chi connectivity index (χ2n) is 8.07. The topological polar surface area (TPSA) is 124 Å². The molecule has 1 atom stereocenters. The van der Waals surface area contributed by atoms with Crippen molar-refractivity contribution in [1.82, 2.24) is 30.1 Å². The summed E-state index contributed by atoms with van der Waals surface area (Å²) in [5.74, 6) is -0.754. The number of cyclic esters (lactones) is 1. The first-order chi connectivity index (χ1) is 14.9. The first-order valence-corrected chi connectivity index (χ1v) is 9.53. The van der Waals surface area contributed by atoms with Crippen molar-refractivity contribution < 1.29 is 32.2 Å². The van der Waals surface area contributed by atoms with Crippen LogP contribution in [0.3, 0.4) is 0 Å². The van der Waals surface area contributed by atoms with E-state index < -0.39 is 42.1 Å². The molecule has 2 aromatic heterocycles. The number of alkyl halides is 3. The van der Waals surface area contributed by atoms with E-state index in [0.717, 1.165) is 6.07 Å². The van der Waals surface area contributed by atoms with Gasteiger partial charge in [0.1, 0.15) is 11.8 Å². The van der Waals surface area contributed by atoms with Gasteiger partial charge in [0.2, 0.25) is 5.95 Å². The van der Waals surface area contributed by atoms with Gasteiger partial charge in [0.05, 0.1) is 31.0 Å². The predicted molar refractivity (Wildman–Crippen MR) is 102 cm³/mol. The van der Waals surface area contributed by atoms with E-state index in [9.17, 15) is 22.8 Å². The smallest absolute Gasteiger partial charge is 0.433 e. The lowest BCUT2D eigenvalue weighted by molar-refractivity contribution is -0.141. The number of hydrogen-bond acceptors (Lipinski definition) is 8. The SMILES string of the molecule is Cn1nnnc1NC(=O)c1ccc(C(F)(F)F)nc1COCC1CN(C(C)(C)C)C(=O)O1. The third-order valence-corrected chi connectivity index (χ3v) is 4.58. The number of aromatic nitrogens is 5. The molecule has 11 nitrogen and oxygen atoms in total. The van der Waals surface area contributed by atoms with E-state index in [1.165, 1.54) is 16.6 Å². The van der Waals surface area contributed by atoms with Gasteiger partial charge in [-0.05, 0) is 43.3 Å². The Hall–Kier alpha value is -3.29. The standard InChI is InChI=1S/C18H22F3N7O4/c1-17(2,3)28-7-10(32-16(28)30)8-31-9-12-11(5-6-13(22-12)18(19,20)21)14(29)23-15-24-25-26-27(15)4/h5-6,10H,7-9H2,1-4H3,(H,23,24,26,29). The number of pyridine rings is 1. The number of nitrogens with zero attached hydrogens (tertiary/aromatic N) is 6. The molecular formula is C18H22F3N7O4. The fourth-order valence-corrected chi connectivity index (χ4v) is 2.92. The number of hydrogen-bond donors (Lipinski definition) is 1. The minimum absolute atomic E-state index is 0.00176. The van der Waals surface area contributed by atoms with Crippen molar-refractivity contribution in [2.24, 2.45) is 7.05 Å². The minimum Gasteiger partial charge on any atom is -0.442 e. The monoisotopic (exact) mass is 457 g/mol. The summed E-state index contributed by atoms with van der Waals surface area (Å²) in [6, 6.07) is 1.71. The molecule has 1 unspecified atom stereocenters. The third kappa shape index (κ3) is 5.30. The van der Waals surface area contributed by atoms with E-state index in [4.69, 9.17) is 9.47 Å². The molecule has 0 bridgehead atoms. The van der Waals surface area contributed by atoms with Crippen molar-refractivity contribution in [3.63, 3.8) is 0 Å². The van der Waals surface area contributed by atoms with Crippen molar-refractivity contribution >= 4 is 17.9 Å². The molecule has 2 aromatic rings. The molecule has 3 rings (SSSR count). The number of nitrogens with one attached hydrogen (secondary N) is 1.